The number of hydrogen-bond acceptors (Lipinski definition) is 1. The first-order valence-electron chi connectivity index (χ1n) is 12.8. The molecule has 0 aliphatic rings. The molecule has 7 rings (SSSR count). The average Bonchev–Trinajstić information content (AvgIpc) is 3.00. The number of fused-ring (bicyclic) bond motifs is 3. The van der Waals surface area contributed by atoms with E-state index in [-0.39, 0.29) is 0 Å². The maximum absolute atomic E-state index is 9.21. The number of benzene rings is 7. The Labute approximate surface area is 221 Å². The van der Waals surface area contributed by atoms with Gasteiger partial charge in [0.1, 0.15) is 0 Å². The van der Waals surface area contributed by atoms with Gasteiger partial charge in [-0.2, -0.15) is 5.26 Å². The molecule has 1 nitrogen and oxygen atoms in total. The van der Waals surface area contributed by atoms with Crippen LogP contribution in [0.5, 0.6) is 0 Å². The maximum atomic E-state index is 9.21. The Morgan fingerprint density at radius 1 is 0.342 bits per heavy atom. The standard InChI is InChI=1S/C37H23N/c38-24-25-16-18-27(19-17-25)29-20-21-36(32-12-4-3-11-30(29)32)37-23-22-35(33-13-5-6-14-34(33)37)31-15-7-9-26-8-1-2-10-28(26)31/h1-23H. The molecule has 0 saturated carbocycles. The fourth-order valence-corrected chi connectivity index (χ4v) is 5.74. The Balaban J connectivity index is 1.46. The van der Waals surface area contributed by atoms with E-state index in [2.05, 4.69) is 121 Å². The van der Waals surface area contributed by atoms with Crippen molar-refractivity contribution in [3.8, 4) is 39.4 Å². The highest BCUT2D eigenvalue weighted by Gasteiger charge is 2.14. The summed E-state index contributed by atoms with van der Waals surface area (Å²) < 4.78 is 0. The first-order chi connectivity index (χ1) is 18.8. The third kappa shape index (κ3) is 3.55. The van der Waals surface area contributed by atoms with E-state index in [1.165, 1.54) is 60.1 Å². The van der Waals surface area contributed by atoms with E-state index in [1.54, 1.807) is 0 Å². The quantitative estimate of drug-likeness (QED) is 0.246. The average molecular weight is 482 g/mol. The smallest absolute Gasteiger partial charge is 0.0991 e. The lowest BCUT2D eigenvalue weighted by Crippen LogP contribution is -1.90. The monoisotopic (exact) mass is 481 g/mol. The van der Waals surface area contributed by atoms with Crippen molar-refractivity contribution in [2.45, 2.75) is 0 Å². The van der Waals surface area contributed by atoms with Crippen molar-refractivity contribution in [1.29, 1.82) is 5.26 Å². The fraction of sp³-hybridized carbons (Fsp3) is 0. The third-order valence-corrected chi connectivity index (χ3v) is 7.54. The van der Waals surface area contributed by atoms with Crippen LogP contribution in [0, 0.1) is 11.3 Å². The van der Waals surface area contributed by atoms with Crippen LogP contribution in [0.4, 0.5) is 0 Å². The van der Waals surface area contributed by atoms with Gasteiger partial charge in [-0.1, -0.05) is 127 Å². The predicted octanol–water partition coefficient (Wildman–Crippen LogP) is 10.0. The Morgan fingerprint density at radius 2 is 0.763 bits per heavy atom. The predicted molar refractivity (Wildman–Crippen MR) is 160 cm³/mol. The molecule has 0 aliphatic carbocycles. The molecule has 0 atom stereocenters. The molecule has 0 saturated heterocycles. The number of nitrogens with zero attached hydrogens (tertiary/aromatic N) is 1. The van der Waals surface area contributed by atoms with Gasteiger partial charge in [-0.05, 0) is 77.8 Å². The Kier molecular flexibility index (Phi) is 5.24. The highest BCUT2D eigenvalue weighted by molar-refractivity contribution is 6.13. The molecule has 0 spiro atoms. The van der Waals surface area contributed by atoms with Gasteiger partial charge in [-0.3, -0.25) is 0 Å². The summed E-state index contributed by atoms with van der Waals surface area (Å²) in [5.74, 6) is 0. The van der Waals surface area contributed by atoms with Crippen molar-refractivity contribution in [3.05, 3.63) is 145 Å². The van der Waals surface area contributed by atoms with Crippen LogP contribution in [0.2, 0.25) is 0 Å². The molecule has 0 aliphatic heterocycles. The van der Waals surface area contributed by atoms with Gasteiger partial charge in [0, 0.05) is 0 Å². The van der Waals surface area contributed by atoms with Gasteiger partial charge in [0.25, 0.3) is 0 Å². The zero-order valence-electron chi connectivity index (χ0n) is 20.7. The zero-order chi connectivity index (χ0) is 25.5. The van der Waals surface area contributed by atoms with Crippen LogP contribution < -0.4 is 0 Å². The minimum atomic E-state index is 0.674. The molecule has 38 heavy (non-hydrogen) atoms. The minimum Gasteiger partial charge on any atom is -0.192 e. The van der Waals surface area contributed by atoms with Crippen molar-refractivity contribution in [3.63, 3.8) is 0 Å². The summed E-state index contributed by atoms with van der Waals surface area (Å²) in [6.45, 7) is 0. The van der Waals surface area contributed by atoms with E-state index >= 15 is 0 Å². The van der Waals surface area contributed by atoms with Gasteiger partial charge in [-0.25, -0.2) is 0 Å². The van der Waals surface area contributed by atoms with Gasteiger partial charge in [0.15, 0.2) is 0 Å². The molecule has 0 unspecified atom stereocenters. The number of nitriles is 1. The molecule has 0 bridgehead atoms. The van der Waals surface area contributed by atoms with Crippen molar-refractivity contribution < 1.29 is 0 Å². The van der Waals surface area contributed by atoms with Gasteiger partial charge in [-0.15, -0.1) is 0 Å². The van der Waals surface area contributed by atoms with Crippen molar-refractivity contribution in [2.24, 2.45) is 0 Å². The second-order valence-electron chi connectivity index (χ2n) is 9.63. The zero-order valence-corrected chi connectivity index (χ0v) is 20.7. The van der Waals surface area contributed by atoms with Crippen molar-refractivity contribution in [1.82, 2.24) is 0 Å². The summed E-state index contributed by atoms with van der Waals surface area (Å²) in [4.78, 5) is 0. The lowest BCUT2D eigenvalue weighted by Gasteiger charge is -2.16. The highest BCUT2D eigenvalue weighted by Crippen LogP contribution is 2.41. The van der Waals surface area contributed by atoms with E-state index in [0.29, 0.717) is 5.56 Å². The fourth-order valence-electron chi connectivity index (χ4n) is 5.74. The molecular weight excluding hydrogens is 458 g/mol. The number of rotatable bonds is 3. The molecule has 7 aromatic rings. The van der Waals surface area contributed by atoms with E-state index in [9.17, 15) is 5.26 Å². The van der Waals surface area contributed by atoms with E-state index in [0.717, 1.165) is 5.56 Å². The molecule has 1 heteroatoms. The molecule has 176 valence electrons. The molecule has 0 amide bonds. The van der Waals surface area contributed by atoms with Crippen molar-refractivity contribution >= 4 is 32.3 Å². The Hall–Kier alpha value is -5.19. The van der Waals surface area contributed by atoms with Crippen LogP contribution in [0.3, 0.4) is 0 Å². The minimum absolute atomic E-state index is 0.674. The summed E-state index contributed by atoms with van der Waals surface area (Å²) in [6, 6.07) is 51.6. The normalized spacial score (nSPS) is 11.1. The second-order valence-corrected chi connectivity index (χ2v) is 9.63. The van der Waals surface area contributed by atoms with Gasteiger partial charge < -0.3 is 0 Å². The van der Waals surface area contributed by atoms with E-state index in [4.69, 9.17) is 0 Å². The maximum Gasteiger partial charge on any atom is 0.0991 e. The molecule has 7 aromatic carbocycles. The molecule has 0 N–H and O–H groups in total. The highest BCUT2D eigenvalue weighted by atomic mass is 14.2. The van der Waals surface area contributed by atoms with E-state index in [1.807, 2.05) is 24.3 Å². The summed E-state index contributed by atoms with van der Waals surface area (Å²) >= 11 is 0. The summed E-state index contributed by atoms with van der Waals surface area (Å²) in [6.07, 6.45) is 0. The first-order valence-corrected chi connectivity index (χ1v) is 12.8. The summed E-state index contributed by atoms with van der Waals surface area (Å²) in [7, 11) is 0. The van der Waals surface area contributed by atoms with Gasteiger partial charge in [0.05, 0.1) is 11.6 Å². The van der Waals surface area contributed by atoms with E-state index < -0.39 is 0 Å². The van der Waals surface area contributed by atoms with Crippen molar-refractivity contribution in [2.75, 3.05) is 0 Å². The number of hydrogen-bond donors (Lipinski definition) is 0. The summed E-state index contributed by atoms with van der Waals surface area (Å²) in [5, 5.41) is 16.7. The van der Waals surface area contributed by atoms with Gasteiger partial charge >= 0.3 is 0 Å². The Morgan fingerprint density at radius 3 is 1.32 bits per heavy atom. The molecule has 0 fully saturated rings. The van der Waals surface area contributed by atoms with Gasteiger partial charge in [0.2, 0.25) is 0 Å². The van der Waals surface area contributed by atoms with Crippen LogP contribution in [0.25, 0.3) is 65.7 Å². The topological polar surface area (TPSA) is 23.8 Å². The molecular formula is C37H23N. The Bertz CT molecular complexity index is 2020. The van der Waals surface area contributed by atoms with Crippen LogP contribution >= 0.6 is 0 Å². The molecule has 0 heterocycles. The lowest BCUT2D eigenvalue weighted by atomic mass is 9.87. The van der Waals surface area contributed by atoms with Crippen LogP contribution in [-0.2, 0) is 0 Å². The van der Waals surface area contributed by atoms with Crippen LogP contribution in [-0.4, -0.2) is 0 Å². The molecule has 0 aromatic heterocycles. The third-order valence-electron chi connectivity index (χ3n) is 7.54. The lowest BCUT2D eigenvalue weighted by molar-refractivity contribution is 1.48. The largest absolute Gasteiger partial charge is 0.192 e. The second kappa shape index (κ2) is 9.04. The first kappa shape index (κ1) is 22.0. The summed E-state index contributed by atoms with van der Waals surface area (Å²) in [5.41, 5.74) is 7.92. The molecule has 0 radical (unpaired) electrons. The van der Waals surface area contributed by atoms with Crippen LogP contribution in [0.15, 0.2) is 140 Å². The SMILES string of the molecule is N#Cc1ccc(-c2ccc(-c3ccc(-c4cccc5ccccc45)c4ccccc34)c3ccccc23)cc1. The van der Waals surface area contributed by atoms with Crippen LogP contribution in [0.1, 0.15) is 5.56 Å².